The van der Waals surface area contributed by atoms with E-state index in [-0.39, 0.29) is 49.0 Å². The van der Waals surface area contributed by atoms with Crippen molar-refractivity contribution in [3.05, 3.63) is 211 Å². The van der Waals surface area contributed by atoms with Crippen molar-refractivity contribution in [2.75, 3.05) is 4.90 Å². The molecule has 0 N–H and O–H groups in total. The van der Waals surface area contributed by atoms with Crippen LogP contribution in [0.15, 0.2) is 170 Å². The Bertz CT molecular complexity index is 4260. The number of pyridine rings is 1. The van der Waals surface area contributed by atoms with Gasteiger partial charge in [0.05, 0.1) is 6.85 Å². The number of benzene rings is 8. The minimum absolute atomic E-state index is 0. The van der Waals surface area contributed by atoms with E-state index in [1.54, 1.807) is 0 Å². The van der Waals surface area contributed by atoms with Crippen molar-refractivity contribution in [3.8, 4) is 28.4 Å². The molecule has 0 amide bonds. The van der Waals surface area contributed by atoms with Crippen LogP contribution in [-0.4, -0.2) is 14.1 Å². The van der Waals surface area contributed by atoms with Gasteiger partial charge in [0.25, 0.3) is 0 Å². The van der Waals surface area contributed by atoms with Gasteiger partial charge in [-0.15, -0.1) is 35.7 Å². The second-order valence-corrected chi connectivity index (χ2v) is 18.1. The Labute approximate surface area is 416 Å². The molecule has 330 valence electrons. The molecule has 0 atom stereocenters. The van der Waals surface area contributed by atoms with Crippen molar-refractivity contribution in [1.82, 2.24) is 14.1 Å². The van der Waals surface area contributed by atoms with E-state index in [1.165, 1.54) is 28.6 Å². The number of hydrogen-bond acceptors (Lipinski definition) is 3. The van der Waals surface area contributed by atoms with Gasteiger partial charge in [0.15, 0.2) is 0 Å². The molecule has 0 saturated carbocycles. The first-order valence-corrected chi connectivity index (χ1v) is 22.0. The summed E-state index contributed by atoms with van der Waals surface area (Å²) < 4.78 is 78.9. The van der Waals surface area contributed by atoms with Gasteiger partial charge in [-0.25, -0.2) is 4.98 Å². The number of anilines is 2. The minimum atomic E-state index is -2.76. The third-order valence-electron chi connectivity index (χ3n) is 12.8. The molecule has 0 spiro atoms. The first-order chi connectivity index (χ1) is 35.4. The normalized spacial score (nSPS) is 14.2. The third kappa shape index (κ3) is 7.03. The van der Waals surface area contributed by atoms with Crippen molar-refractivity contribution in [2.45, 2.75) is 46.9 Å². The summed E-state index contributed by atoms with van der Waals surface area (Å²) in [7, 11) is 0. The number of aryl methyl sites for hydroxylation is 3. The van der Waals surface area contributed by atoms with Crippen LogP contribution in [0.3, 0.4) is 0 Å². The molecule has 0 aliphatic carbocycles. The maximum Gasteiger partial charge on any atom is 0.135 e. The zero-order valence-corrected chi connectivity index (χ0v) is 39.6. The zero-order valence-electron chi connectivity index (χ0n) is 45.4. The van der Waals surface area contributed by atoms with Crippen molar-refractivity contribution < 1.29 is 36.8 Å². The average molecular weight is 1060 g/mol. The number of para-hydroxylation sites is 2. The Morgan fingerprint density at radius 1 is 0.642 bits per heavy atom. The van der Waals surface area contributed by atoms with Gasteiger partial charge in [-0.1, -0.05) is 164 Å². The molecule has 5 nitrogen and oxygen atoms in total. The van der Waals surface area contributed by atoms with Gasteiger partial charge < -0.3 is 18.8 Å². The van der Waals surface area contributed by atoms with Crippen LogP contribution in [0.25, 0.3) is 82.1 Å². The van der Waals surface area contributed by atoms with Crippen LogP contribution in [0.1, 0.15) is 54.0 Å². The molecular weight excluding hydrogens is 1000 g/mol. The van der Waals surface area contributed by atoms with Gasteiger partial charge in [-0.05, 0) is 111 Å². The van der Waals surface area contributed by atoms with Crippen LogP contribution >= 0.6 is 0 Å². The number of ether oxygens (including phenoxy) is 1. The molecule has 0 unspecified atom stereocenters. The van der Waals surface area contributed by atoms with Crippen molar-refractivity contribution >= 4 is 76.5 Å². The minimum Gasteiger partial charge on any atom is -0.509 e. The van der Waals surface area contributed by atoms with Crippen LogP contribution in [-0.2, 0) is 26.5 Å². The van der Waals surface area contributed by atoms with E-state index in [2.05, 4.69) is 148 Å². The third-order valence-corrected chi connectivity index (χ3v) is 12.8. The van der Waals surface area contributed by atoms with Crippen LogP contribution in [0.5, 0.6) is 11.5 Å². The van der Waals surface area contributed by atoms with E-state index in [1.807, 2.05) is 47.0 Å². The first-order valence-electron chi connectivity index (χ1n) is 26.0. The monoisotopic (exact) mass is 1050 g/mol. The van der Waals surface area contributed by atoms with Crippen LogP contribution in [0, 0.1) is 39.5 Å². The molecule has 1 aliphatic heterocycles. The summed E-state index contributed by atoms with van der Waals surface area (Å²) in [6.07, 6.45) is 1.29. The van der Waals surface area contributed by atoms with E-state index < -0.39 is 37.1 Å². The van der Waals surface area contributed by atoms with Gasteiger partial charge in [-0.3, -0.25) is 0 Å². The molecule has 12 rings (SSSR count). The van der Waals surface area contributed by atoms with Gasteiger partial charge in [-0.2, -0.15) is 12.1 Å². The molecule has 0 bridgehead atoms. The fourth-order valence-electron chi connectivity index (χ4n) is 9.65. The molecule has 4 heterocycles. The number of hydrogen-bond donors (Lipinski definition) is 0. The zero-order chi connectivity index (χ0) is 51.7. The summed E-state index contributed by atoms with van der Waals surface area (Å²) in [6.45, 7) is 10.1. The SMILES string of the molecule is [2H]c1c([2H])c([2H])c(-c2cnc(-n3c4[c-]c(Oc5[c-]c(N6[CH-]n7c8c(C)cccc8c8cc(C)ccc8c8ccccc8c8cccc6c87)ccc5)ccc4c4cc(C(C)(C)C)ccc43)cc2C([2H])([2H])[2H])c([2H])c1[2H].[Pt]. The quantitative estimate of drug-likeness (QED) is 0.161. The van der Waals surface area contributed by atoms with Crippen molar-refractivity contribution in [3.63, 3.8) is 0 Å². The molecule has 3 aromatic heterocycles. The Hall–Kier alpha value is -7.33. The van der Waals surface area contributed by atoms with E-state index in [0.717, 1.165) is 71.4 Å². The fourth-order valence-corrected chi connectivity index (χ4v) is 9.65. The summed E-state index contributed by atoms with van der Waals surface area (Å²) >= 11 is 0. The summed E-state index contributed by atoms with van der Waals surface area (Å²) in [5, 5.41) is 8.59. The maximum atomic E-state index is 8.68. The number of rotatable bonds is 5. The number of nitrogens with zero attached hydrogens (tertiary/aromatic N) is 4. The second-order valence-electron chi connectivity index (χ2n) is 18.1. The van der Waals surface area contributed by atoms with Crippen LogP contribution in [0.4, 0.5) is 11.4 Å². The molecule has 0 fully saturated rings. The Balaban J connectivity index is 0.00000602. The Morgan fingerprint density at radius 2 is 1.36 bits per heavy atom. The first kappa shape index (κ1) is 34.0. The predicted octanol–water partition coefficient (Wildman–Crippen LogP) is 16.1. The summed E-state index contributed by atoms with van der Waals surface area (Å²) in [5.74, 6) is 1.06. The van der Waals surface area contributed by atoms with E-state index in [9.17, 15) is 0 Å². The summed E-state index contributed by atoms with van der Waals surface area (Å²) in [6, 6.07) is 49.9. The molecule has 67 heavy (non-hydrogen) atoms. The van der Waals surface area contributed by atoms with Crippen molar-refractivity contribution in [1.29, 1.82) is 0 Å². The fraction of sp³-hybridized carbons (Fsp3) is 0.115. The van der Waals surface area contributed by atoms with Crippen molar-refractivity contribution in [2.24, 2.45) is 0 Å². The predicted molar refractivity (Wildman–Crippen MR) is 275 cm³/mol. The van der Waals surface area contributed by atoms with E-state index in [4.69, 9.17) is 20.7 Å². The summed E-state index contributed by atoms with van der Waals surface area (Å²) in [5.41, 5.74) is 7.88. The molecular formula is C61H47N4OPt-3. The molecule has 0 radical (unpaired) electrons. The second kappa shape index (κ2) is 16.2. The smallest absolute Gasteiger partial charge is 0.135 e. The van der Waals surface area contributed by atoms with Gasteiger partial charge in [0.2, 0.25) is 0 Å². The molecule has 11 aromatic rings. The summed E-state index contributed by atoms with van der Waals surface area (Å²) in [4.78, 5) is 6.94. The Kier molecular flexibility index (Phi) is 8.24. The standard InChI is InChI=1S/C61H47N4O.Pt/c1-38-25-28-48-46-20-10-11-21-47(46)50-23-14-24-56-60(50)64(59-39(2)15-12-22-51(59)52(48)31-38)37-63(56)43-18-13-19-44(34-43)66-45-27-29-49-53-33-42(61(4,5)6)26-30-55(53)65(57(49)35-45)58-32-40(3)54(36-62-58)41-16-8-7-9-17-41;/h7-33,36-37H,1-6H3;/q-3;/i3D3,7D,8D,9D,16D,17D;. The Morgan fingerprint density at radius 3 is 2.16 bits per heavy atom. The van der Waals surface area contributed by atoms with Crippen LogP contribution < -0.4 is 9.64 Å². The molecule has 1 aliphatic rings. The maximum absolute atomic E-state index is 8.68. The molecule has 6 heteroatoms. The van der Waals surface area contributed by atoms with Gasteiger partial charge >= 0.3 is 0 Å². The average Bonchev–Trinajstić information content (AvgIpc) is 4.01. The van der Waals surface area contributed by atoms with E-state index >= 15 is 0 Å². The molecule has 8 aromatic carbocycles. The van der Waals surface area contributed by atoms with Gasteiger partial charge in [0.1, 0.15) is 5.82 Å². The van der Waals surface area contributed by atoms with E-state index in [0.29, 0.717) is 17.0 Å². The van der Waals surface area contributed by atoms with Gasteiger partial charge in [0, 0.05) is 59.6 Å². The number of fused-ring (bicyclic) bond motifs is 10. The number of aromatic nitrogens is 3. The van der Waals surface area contributed by atoms with Crippen LogP contribution in [0.2, 0.25) is 0 Å². The largest absolute Gasteiger partial charge is 0.509 e. The topological polar surface area (TPSA) is 35.2 Å². The molecule has 0 saturated heterocycles.